The van der Waals surface area contributed by atoms with Gasteiger partial charge in [0.1, 0.15) is 0 Å². The second-order valence-corrected chi connectivity index (χ2v) is 6.06. The van der Waals surface area contributed by atoms with Crippen LogP contribution in [0.1, 0.15) is 59.8 Å². The SMILES string of the molecule is CCC[C@@H]1CC(C)(C)C[C@](C)(N)C1. The lowest BCUT2D eigenvalue weighted by Gasteiger charge is -2.44. The van der Waals surface area contributed by atoms with Crippen molar-refractivity contribution in [2.45, 2.75) is 65.3 Å². The quantitative estimate of drug-likeness (QED) is 0.698. The molecular weight excluding hydrogens is 158 g/mol. The number of hydrogen-bond acceptors (Lipinski definition) is 1. The van der Waals surface area contributed by atoms with Crippen molar-refractivity contribution in [1.29, 1.82) is 0 Å². The van der Waals surface area contributed by atoms with Gasteiger partial charge in [-0.2, -0.15) is 0 Å². The third kappa shape index (κ3) is 3.30. The Morgan fingerprint density at radius 3 is 2.31 bits per heavy atom. The predicted octanol–water partition coefficient (Wildman–Crippen LogP) is 3.33. The molecule has 1 fully saturated rings. The van der Waals surface area contributed by atoms with Gasteiger partial charge in [0.2, 0.25) is 0 Å². The van der Waals surface area contributed by atoms with Crippen molar-refractivity contribution in [3.05, 3.63) is 0 Å². The first kappa shape index (κ1) is 11.0. The maximum atomic E-state index is 6.27. The first-order valence-electron chi connectivity index (χ1n) is 5.63. The van der Waals surface area contributed by atoms with Gasteiger partial charge < -0.3 is 5.73 Å². The van der Waals surface area contributed by atoms with E-state index in [9.17, 15) is 0 Å². The molecule has 1 aliphatic carbocycles. The summed E-state index contributed by atoms with van der Waals surface area (Å²) in [6.45, 7) is 9.21. The maximum absolute atomic E-state index is 6.27. The summed E-state index contributed by atoms with van der Waals surface area (Å²) < 4.78 is 0. The fourth-order valence-corrected chi connectivity index (χ4v) is 3.36. The summed E-state index contributed by atoms with van der Waals surface area (Å²) in [6, 6.07) is 0. The zero-order valence-electron chi connectivity index (χ0n) is 9.69. The summed E-state index contributed by atoms with van der Waals surface area (Å²) >= 11 is 0. The first-order valence-corrected chi connectivity index (χ1v) is 5.63. The van der Waals surface area contributed by atoms with E-state index in [1.807, 2.05) is 0 Å². The Labute approximate surface area is 83.1 Å². The van der Waals surface area contributed by atoms with Crippen LogP contribution in [0, 0.1) is 11.3 Å². The van der Waals surface area contributed by atoms with Crippen molar-refractivity contribution in [3.8, 4) is 0 Å². The van der Waals surface area contributed by atoms with E-state index in [1.165, 1.54) is 32.1 Å². The summed E-state index contributed by atoms with van der Waals surface area (Å²) in [6.07, 6.45) is 6.44. The number of nitrogens with two attached hydrogens (primary N) is 1. The van der Waals surface area contributed by atoms with Crippen LogP contribution in [0.25, 0.3) is 0 Å². The molecule has 0 aromatic rings. The Morgan fingerprint density at radius 2 is 1.85 bits per heavy atom. The van der Waals surface area contributed by atoms with Gasteiger partial charge in [-0.3, -0.25) is 0 Å². The Kier molecular flexibility index (Phi) is 3.06. The van der Waals surface area contributed by atoms with Crippen molar-refractivity contribution in [1.82, 2.24) is 0 Å². The average Bonchev–Trinajstić information content (AvgIpc) is 1.78. The molecule has 2 atom stereocenters. The molecule has 0 spiro atoms. The van der Waals surface area contributed by atoms with Gasteiger partial charge in [-0.05, 0) is 37.5 Å². The average molecular weight is 183 g/mol. The molecule has 0 bridgehead atoms. The van der Waals surface area contributed by atoms with Crippen molar-refractivity contribution in [3.63, 3.8) is 0 Å². The van der Waals surface area contributed by atoms with Gasteiger partial charge in [-0.15, -0.1) is 0 Å². The van der Waals surface area contributed by atoms with Crippen molar-refractivity contribution in [2.24, 2.45) is 17.1 Å². The van der Waals surface area contributed by atoms with E-state index < -0.39 is 0 Å². The van der Waals surface area contributed by atoms with Gasteiger partial charge in [0.25, 0.3) is 0 Å². The monoisotopic (exact) mass is 183 g/mol. The molecule has 1 nitrogen and oxygen atoms in total. The molecule has 0 amide bonds. The van der Waals surface area contributed by atoms with Crippen LogP contribution in [0.3, 0.4) is 0 Å². The van der Waals surface area contributed by atoms with Crippen LogP contribution in [-0.4, -0.2) is 5.54 Å². The Bertz CT molecular complexity index is 154. The topological polar surface area (TPSA) is 26.0 Å². The highest BCUT2D eigenvalue weighted by molar-refractivity contribution is 4.94. The first-order chi connectivity index (χ1) is 5.85. The highest BCUT2D eigenvalue weighted by Crippen LogP contribution is 2.44. The van der Waals surface area contributed by atoms with Crippen LogP contribution in [0.2, 0.25) is 0 Å². The van der Waals surface area contributed by atoms with Gasteiger partial charge in [-0.25, -0.2) is 0 Å². The van der Waals surface area contributed by atoms with E-state index >= 15 is 0 Å². The van der Waals surface area contributed by atoms with E-state index in [0.717, 1.165) is 5.92 Å². The molecule has 0 aliphatic heterocycles. The van der Waals surface area contributed by atoms with Crippen LogP contribution in [0.4, 0.5) is 0 Å². The van der Waals surface area contributed by atoms with Crippen LogP contribution >= 0.6 is 0 Å². The van der Waals surface area contributed by atoms with Crippen LogP contribution < -0.4 is 5.73 Å². The molecule has 78 valence electrons. The molecule has 1 aliphatic rings. The summed E-state index contributed by atoms with van der Waals surface area (Å²) in [5.74, 6) is 0.865. The van der Waals surface area contributed by atoms with Crippen LogP contribution in [0.5, 0.6) is 0 Å². The fraction of sp³-hybridized carbons (Fsp3) is 1.00. The standard InChI is InChI=1S/C12H25N/c1-5-6-10-7-11(2,3)9-12(4,13)8-10/h10H,5-9,13H2,1-4H3/t10-,12-/m1/s1. The van der Waals surface area contributed by atoms with Crippen LogP contribution in [-0.2, 0) is 0 Å². The second kappa shape index (κ2) is 3.61. The molecule has 0 heterocycles. The molecule has 1 rings (SSSR count). The zero-order chi connectivity index (χ0) is 10.1. The summed E-state index contributed by atoms with van der Waals surface area (Å²) in [5.41, 5.74) is 6.82. The molecule has 0 aromatic heterocycles. The lowest BCUT2D eigenvalue weighted by Crippen LogP contribution is -2.47. The van der Waals surface area contributed by atoms with Gasteiger partial charge in [0.05, 0.1) is 0 Å². The Hall–Kier alpha value is -0.0400. The highest BCUT2D eigenvalue weighted by Gasteiger charge is 2.38. The second-order valence-electron chi connectivity index (χ2n) is 6.06. The van der Waals surface area contributed by atoms with Gasteiger partial charge in [0.15, 0.2) is 0 Å². The molecule has 0 unspecified atom stereocenters. The van der Waals surface area contributed by atoms with E-state index in [2.05, 4.69) is 27.7 Å². The van der Waals surface area contributed by atoms with Crippen molar-refractivity contribution < 1.29 is 0 Å². The number of rotatable bonds is 2. The van der Waals surface area contributed by atoms with E-state index in [4.69, 9.17) is 5.73 Å². The molecule has 13 heavy (non-hydrogen) atoms. The van der Waals surface area contributed by atoms with Gasteiger partial charge >= 0.3 is 0 Å². The lowest BCUT2D eigenvalue weighted by molar-refractivity contribution is 0.105. The minimum absolute atomic E-state index is 0.0849. The van der Waals surface area contributed by atoms with Gasteiger partial charge in [-0.1, -0.05) is 33.6 Å². The minimum Gasteiger partial charge on any atom is -0.325 e. The smallest absolute Gasteiger partial charge is 0.0133 e. The largest absolute Gasteiger partial charge is 0.325 e. The van der Waals surface area contributed by atoms with E-state index in [-0.39, 0.29) is 5.54 Å². The lowest BCUT2D eigenvalue weighted by atomic mass is 9.64. The fourth-order valence-electron chi connectivity index (χ4n) is 3.36. The summed E-state index contributed by atoms with van der Waals surface area (Å²) in [4.78, 5) is 0. The molecule has 0 aromatic carbocycles. The maximum Gasteiger partial charge on any atom is 0.0133 e. The summed E-state index contributed by atoms with van der Waals surface area (Å²) in [7, 11) is 0. The third-order valence-corrected chi connectivity index (χ3v) is 3.18. The highest BCUT2D eigenvalue weighted by atomic mass is 14.7. The number of hydrogen-bond donors (Lipinski definition) is 1. The normalized spacial score (nSPS) is 39.0. The van der Waals surface area contributed by atoms with Crippen molar-refractivity contribution in [2.75, 3.05) is 0 Å². The van der Waals surface area contributed by atoms with E-state index in [0.29, 0.717) is 5.41 Å². The molecule has 1 saturated carbocycles. The minimum atomic E-state index is 0.0849. The van der Waals surface area contributed by atoms with Gasteiger partial charge in [0, 0.05) is 5.54 Å². The Balaban J connectivity index is 2.61. The zero-order valence-corrected chi connectivity index (χ0v) is 9.69. The molecule has 1 heteroatoms. The summed E-state index contributed by atoms with van der Waals surface area (Å²) in [5, 5.41) is 0. The van der Waals surface area contributed by atoms with Crippen LogP contribution in [0.15, 0.2) is 0 Å². The Morgan fingerprint density at radius 1 is 1.23 bits per heavy atom. The molecule has 2 N–H and O–H groups in total. The third-order valence-electron chi connectivity index (χ3n) is 3.18. The molecular formula is C12H25N. The predicted molar refractivity (Wildman–Crippen MR) is 58.6 cm³/mol. The van der Waals surface area contributed by atoms with Crippen molar-refractivity contribution >= 4 is 0 Å². The van der Waals surface area contributed by atoms with E-state index in [1.54, 1.807) is 0 Å². The molecule has 0 saturated heterocycles. The molecule has 0 radical (unpaired) electrons.